The van der Waals surface area contributed by atoms with Crippen LogP contribution in [0.2, 0.25) is 0 Å². The smallest absolute Gasteiger partial charge is 0.225 e. The highest BCUT2D eigenvalue weighted by molar-refractivity contribution is 5.91. The number of β-amino-alcohol motifs (C(OH)–C–C–N with tert-alkyl or cyclic N) is 1. The molecule has 2 N–H and O–H groups in total. The summed E-state index contributed by atoms with van der Waals surface area (Å²) in [5, 5.41) is 12.5. The fourth-order valence-corrected chi connectivity index (χ4v) is 3.07. The highest BCUT2D eigenvalue weighted by atomic mass is 16.3. The van der Waals surface area contributed by atoms with Crippen molar-refractivity contribution in [2.45, 2.75) is 52.1 Å². The zero-order valence-electron chi connectivity index (χ0n) is 14.1. The van der Waals surface area contributed by atoms with Crippen LogP contribution in [0.3, 0.4) is 0 Å². The van der Waals surface area contributed by atoms with Gasteiger partial charge in [-0.05, 0) is 36.0 Å². The predicted octanol–water partition coefficient (Wildman–Crippen LogP) is 2.69. The second kappa shape index (κ2) is 6.80. The summed E-state index contributed by atoms with van der Waals surface area (Å²) < 4.78 is 0. The topological polar surface area (TPSA) is 52.6 Å². The Morgan fingerprint density at radius 3 is 2.73 bits per heavy atom. The second-order valence-corrected chi connectivity index (χ2v) is 7.27. The van der Waals surface area contributed by atoms with Gasteiger partial charge in [0.2, 0.25) is 5.91 Å². The Kier molecular flexibility index (Phi) is 5.24. The first-order valence-electron chi connectivity index (χ1n) is 8.08. The Labute approximate surface area is 133 Å². The average molecular weight is 304 g/mol. The number of likely N-dealkylation sites (tertiary alicyclic amines) is 1. The van der Waals surface area contributed by atoms with Crippen molar-refractivity contribution in [3.05, 3.63) is 29.3 Å². The van der Waals surface area contributed by atoms with Gasteiger partial charge in [0.1, 0.15) is 0 Å². The predicted molar refractivity (Wildman–Crippen MR) is 90.2 cm³/mol. The van der Waals surface area contributed by atoms with E-state index in [4.69, 9.17) is 0 Å². The minimum atomic E-state index is -0.228. The quantitative estimate of drug-likeness (QED) is 0.899. The van der Waals surface area contributed by atoms with E-state index in [0.717, 1.165) is 24.2 Å². The molecule has 1 aromatic carbocycles. The van der Waals surface area contributed by atoms with E-state index in [1.807, 2.05) is 12.1 Å². The SMILES string of the molecule is Cc1c(NC(=O)CCN2CCC(O)C2)cccc1C(C)(C)C. The van der Waals surface area contributed by atoms with Crippen LogP contribution in [0, 0.1) is 6.92 Å². The molecule has 0 aliphatic carbocycles. The van der Waals surface area contributed by atoms with Gasteiger partial charge in [0, 0.05) is 31.7 Å². The molecule has 0 bridgehead atoms. The number of aliphatic hydroxyl groups is 1. The van der Waals surface area contributed by atoms with Crippen molar-refractivity contribution in [3.8, 4) is 0 Å². The molecular formula is C18H28N2O2. The summed E-state index contributed by atoms with van der Waals surface area (Å²) in [4.78, 5) is 14.3. The van der Waals surface area contributed by atoms with Crippen molar-refractivity contribution in [2.24, 2.45) is 0 Å². The molecule has 2 rings (SSSR count). The molecule has 0 spiro atoms. The highest BCUT2D eigenvalue weighted by Gasteiger charge is 2.21. The van der Waals surface area contributed by atoms with Gasteiger partial charge in [-0.15, -0.1) is 0 Å². The summed E-state index contributed by atoms with van der Waals surface area (Å²) in [7, 11) is 0. The van der Waals surface area contributed by atoms with E-state index < -0.39 is 0 Å². The number of carbonyl (C=O) groups excluding carboxylic acids is 1. The maximum atomic E-state index is 12.2. The van der Waals surface area contributed by atoms with Crippen LogP contribution in [0.4, 0.5) is 5.69 Å². The number of carbonyl (C=O) groups is 1. The summed E-state index contributed by atoms with van der Waals surface area (Å²) in [5.41, 5.74) is 3.36. The van der Waals surface area contributed by atoms with Crippen molar-refractivity contribution in [2.75, 3.05) is 25.0 Å². The van der Waals surface area contributed by atoms with Gasteiger partial charge in [-0.25, -0.2) is 0 Å². The number of amides is 1. The van der Waals surface area contributed by atoms with Crippen LogP contribution in [0.1, 0.15) is 44.7 Å². The monoisotopic (exact) mass is 304 g/mol. The first kappa shape index (κ1) is 17.0. The molecule has 1 aliphatic heterocycles. The molecule has 1 heterocycles. The van der Waals surface area contributed by atoms with Gasteiger partial charge in [0.25, 0.3) is 0 Å². The zero-order chi connectivity index (χ0) is 16.3. The molecule has 4 heteroatoms. The number of nitrogens with zero attached hydrogens (tertiary/aromatic N) is 1. The van der Waals surface area contributed by atoms with E-state index in [2.05, 4.69) is 44.0 Å². The standard InChI is InChI=1S/C18H28N2O2/c1-13-15(18(2,3)4)6-5-7-16(13)19-17(22)9-11-20-10-8-14(21)12-20/h5-7,14,21H,8-12H2,1-4H3,(H,19,22). The van der Waals surface area contributed by atoms with Crippen LogP contribution in [0.5, 0.6) is 0 Å². The molecule has 4 nitrogen and oxygen atoms in total. The first-order valence-corrected chi connectivity index (χ1v) is 8.08. The fraction of sp³-hybridized carbons (Fsp3) is 0.611. The third-order valence-electron chi connectivity index (χ3n) is 4.32. The fourth-order valence-electron chi connectivity index (χ4n) is 3.07. The Morgan fingerprint density at radius 1 is 1.41 bits per heavy atom. The lowest BCUT2D eigenvalue weighted by atomic mass is 9.83. The normalized spacial score (nSPS) is 19.4. The molecule has 0 aromatic heterocycles. The number of anilines is 1. The Balaban J connectivity index is 1.94. The Hall–Kier alpha value is -1.39. The van der Waals surface area contributed by atoms with Gasteiger partial charge >= 0.3 is 0 Å². The van der Waals surface area contributed by atoms with Gasteiger partial charge in [-0.1, -0.05) is 32.9 Å². The van der Waals surface area contributed by atoms with Gasteiger partial charge in [-0.3, -0.25) is 4.79 Å². The molecule has 122 valence electrons. The first-order chi connectivity index (χ1) is 10.3. The van der Waals surface area contributed by atoms with Gasteiger partial charge in [-0.2, -0.15) is 0 Å². The molecule has 1 saturated heterocycles. The van der Waals surface area contributed by atoms with Gasteiger partial charge in [0.05, 0.1) is 6.10 Å². The lowest BCUT2D eigenvalue weighted by molar-refractivity contribution is -0.116. The second-order valence-electron chi connectivity index (χ2n) is 7.27. The average Bonchev–Trinajstić information content (AvgIpc) is 2.83. The van der Waals surface area contributed by atoms with Crippen molar-refractivity contribution < 1.29 is 9.90 Å². The molecule has 0 saturated carbocycles. The van der Waals surface area contributed by atoms with E-state index in [0.29, 0.717) is 19.5 Å². The molecule has 1 atom stereocenters. The maximum Gasteiger partial charge on any atom is 0.225 e. The van der Waals surface area contributed by atoms with E-state index in [1.165, 1.54) is 5.56 Å². The molecule has 1 amide bonds. The molecule has 1 aromatic rings. The lowest BCUT2D eigenvalue weighted by Gasteiger charge is -2.23. The van der Waals surface area contributed by atoms with Crippen LogP contribution in [0.15, 0.2) is 18.2 Å². The van der Waals surface area contributed by atoms with Crippen molar-refractivity contribution in [1.82, 2.24) is 4.90 Å². The van der Waals surface area contributed by atoms with Crippen molar-refractivity contribution in [3.63, 3.8) is 0 Å². The number of aliphatic hydroxyl groups excluding tert-OH is 1. The molecule has 1 aliphatic rings. The third-order valence-corrected chi connectivity index (χ3v) is 4.32. The number of nitrogens with one attached hydrogen (secondary N) is 1. The third kappa shape index (κ3) is 4.31. The van der Waals surface area contributed by atoms with E-state index in [1.54, 1.807) is 0 Å². The van der Waals surface area contributed by atoms with Crippen LogP contribution >= 0.6 is 0 Å². The van der Waals surface area contributed by atoms with Crippen LogP contribution in [-0.4, -0.2) is 41.7 Å². The summed E-state index contributed by atoms with van der Waals surface area (Å²) >= 11 is 0. The summed E-state index contributed by atoms with van der Waals surface area (Å²) in [6.07, 6.45) is 1.05. The van der Waals surface area contributed by atoms with Crippen molar-refractivity contribution >= 4 is 11.6 Å². The summed E-state index contributed by atoms with van der Waals surface area (Å²) in [6, 6.07) is 6.08. The molecule has 0 radical (unpaired) electrons. The van der Waals surface area contributed by atoms with Gasteiger partial charge < -0.3 is 15.3 Å². The zero-order valence-corrected chi connectivity index (χ0v) is 14.1. The number of hydrogen-bond acceptors (Lipinski definition) is 3. The molecular weight excluding hydrogens is 276 g/mol. The van der Waals surface area contributed by atoms with Crippen LogP contribution in [-0.2, 0) is 10.2 Å². The number of hydrogen-bond donors (Lipinski definition) is 2. The number of rotatable bonds is 4. The maximum absolute atomic E-state index is 12.2. The largest absolute Gasteiger partial charge is 0.392 e. The van der Waals surface area contributed by atoms with Crippen LogP contribution < -0.4 is 5.32 Å². The van der Waals surface area contributed by atoms with Crippen LogP contribution in [0.25, 0.3) is 0 Å². The summed E-state index contributed by atoms with van der Waals surface area (Å²) in [5.74, 6) is 0.0375. The molecule has 1 unspecified atom stereocenters. The lowest BCUT2D eigenvalue weighted by Crippen LogP contribution is -2.27. The minimum absolute atomic E-state index is 0.0375. The van der Waals surface area contributed by atoms with Gasteiger partial charge in [0.15, 0.2) is 0 Å². The van der Waals surface area contributed by atoms with E-state index >= 15 is 0 Å². The van der Waals surface area contributed by atoms with E-state index in [9.17, 15) is 9.90 Å². The highest BCUT2D eigenvalue weighted by Crippen LogP contribution is 2.29. The van der Waals surface area contributed by atoms with E-state index in [-0.39, 0.29) is 17.4 Å². The Bertz CT molecular complexity index is 534. The minimum Gasteiger partial charge on any atom is -0.392 e. The van der Waals surface area contributed by atoms with Crippen molar-refractivity contribution in [1.29, 1.82) is 0 Å². The Morgan fingerprint density at radius 2 is 2.14 bits per heavy atom. The summed E-state index contributed by atoms with van der Waals surface area (Å²) in [6.45, 7) is 10.9. The molecule has 1 fully saturated rings. The number of benzene rings is 1. The molecule has 22 heavy (non-hydrogen) atoms.